The molecule has 0 aliphatic carbocycles. The molecule has 2 rings (SSSR count). The van der Waals surface area contributed by atoms with Crippen molar-refractivity contribution in [2.24, 2.45) is 11.3 Å². The first kappa shape index (κ1) is 14.5. The lowest BCUT2D eigenvalue weighted by molar-refractivity contribution is 0.228. The number of benzene rings is 1. The third-order valence-corrected chi connectivity index (χ3v) is 4.75. The fourth-order valence-corrected chi connectivity index (χ4v) is 2.35. The molecule has 1 aromatic rings. The van der Waals surface area contributed by atoms with Crippen LogP contribution in [-0.2, 0) is 0 Å². The van der Waals surface area contributed by atoms with Crippen molar-refractivity contribution in [3.63, 3.8) is 0 Å². The number of alkyl halides is 1. The van der Waals surface area contributed by atoms with Gasteiger partial charge in [0.1, 0.15) is 0 Å². The normalized spacial score (nSPS) is 20.8. The minimum Gasteiger partial charge on any atom is -0.489 e. The molecule has 0 N–H and O–H groups in total. The molecule has 19 heavy (non-hydrogen) atoms. The van der Waals surface area contributed by atoms with Gasteiger partial charge in [0.25, 0.3) is 0 Å². The van der Waals surface area contributed by atoms with E-state index in [1.54, 1.807) is 0 Å². The van der Waals surface area contributed by atoms with Crippen molar-refractivity contribution in [2.45, 2.75) is 39.5 Å². The fourth-order valence-electron chi connectivity index (χ4n) is 2.06. The summed E-state index contributed by atoms with van der Waals surface area (Å²) in [4.78, 5) is 0. The standard InChI is InChI=1S/C16H23ClO2/c1-5-16(3,4)15(17)12-6-7-13-14(8-12)19-10-11(2)9-18-13/h6-8,11,15H,5,9-10H2,1-4H3. The third-order valence-electron chi connectivity index (χ3n) is 3.90. The SMILES string of the molecule is CCC(C)(C)C(Cl)c1ccc2c(c1)OCC(C)CO2. The maximum absolute atomic E-state index is 6.61. The summed E-state index contributed by atoms with van der Waals surface area (Å²) in [5, 5.41) is -0.0212. The molecule has 2 unspecified atom stereocenters. The zero-order valence-corrected chi connectivity index (χ0v) is 13.0. The van der Waals surface area contributed by atoms with Gasteiger partial charge in [-0.1, -0.05) is 33.8 Å². The summed E-state index contributed by atoms with van der Waals surface area (Å²) in [5.41, 5.74) is 1.17. The molecule has 0 bridgehead atoms. The number of hydrogen-bond acceptors (Lipinski definition) is 2. The first-order valence-electron chi connectivity index (χ1n) is 6.97. The molecule has 106 valence electrons. The van der Waals surface area contributed by atoms with E-state index in [0.29, 0.717) is 19.1 Å². The van der Waals surface area contributed by atoms with Crippen LogP contribution in [0.4, 0.5) is 0 Å². The highest BCUT2D eigenvalue weighted by Gasteiger charge is 2.28. The summed E-state index contributed by atoms with van der Waals surface area (Å²) in [6.45, 7) is 10.1. The zero-order valence-electron chi connectivity index (χ0n) is 12.2. The van der Waals surface area contributed by atoms with Crippen LogP contribution in [-0.4, -0.2) is 13.2 Å². The van der Waals surface area contributed by atoms with Crippen molar-refractivity contribution in [1.82, 2.24) is 0 Å². The van der Waals surface area contributed by atoms with Gasteiger partial charge in [-0.05, 0) is 29.5 Å². The number of ether oxygens (including phenoxy) is 2. The molecule has 3 heteroatoms. The lowest BCUT2D eigenvalue weighted by atomic mass is 9.83. The maximum atomic E-state index is 6.61. The summed E-state index contributed by atoms with van der Waals surface area (Å²) in [6.07, 6.45) is 1.03. The summed E-state index contributed by atoms with van der Waals surface area (Å²) in [6, 6.07) is 6.06. The highest BCUT2D eigenvalue weighted by Crippen LogP contribution is 2.44. The molecule has 2 nitrogen and oxygen atoms in total. The van der Waals surface area contributed by atoms with E-state index in [9.17, 15) is 0 Å². The molecule has 1 aromatic carbocycles. The van der Waals surface area contributed by atoms with Gasteiger partial charge in [0.15, 0.2) is 11.5 Å². The number of rotatable bonds is 3. The molecule has 0 radical (unpaired) electrons. The lowest BCUT2D eigenvalue weighted by Crippen LogP contribution is -2.17. The number of halogens is 1. The smallest absolute Gasteiger partial charge is 0.161 e. The van der Waals surface area contributed by atoms with Crippen molar-refractivity contribution < 1.29 is 9.47 Å². The molecule has 0 aromatic heterocycles. The van der Waals surface area contributed by atoms with Crippen molar-refractivity contribution in [3.8, 4) is 11.5 Å². The second-order valence-electron chi connectivity index (χ2n) is 6.14. The summed E-state index contributed by atoms with van der Waals surface area (Å²) in [5.74, 6) is 2.06. The minimum absolute atomic E-state index is 0.0212. The van der Waals surface area contributed by atoms with E-state index in [1.165, 1.54) is 0 Å². The van der Waals surface area contributed by atoms with Gasteiger partial charge in [-0.2, -0.15) is 0 Å². The third kappa shape index (κ3) is 3.17. The Bertz CT molecular complexity index is 442. The molecule has 0 spiro atoms. The monoisotopic (exact) mass is 282 g/mol. The van der Waals surface area contributed by atoms with Gasteiger partial charge in [-0.25, -0.2) is 0 Å². The molecule has 1 aliphatic rings. The Kier molecular flexibility index (Phi) is 4.29. The zero-order chi connectivity index (χ0) is 14.0. The van der Waals surface area contributed by atoms with Crippen LogP contribution in [0.25, 0.3) is 0 Å². The van der Waals surface area contributed by atoms with Crippen molar-refractivity contribution in [1.29, 1.82) is 0 Å². The van der Waals surface area contributed by atoms with E-state index >= 15 is 0 Å². The molecule has 0 fully saturated rings. The largest absolute Gasteiger partial charge is 0.489 e. The van der Waals surface area contributed by atoms with Gasteiger partial charge in [-0.15, -0.1) is 11.6 Å². The Balaban J connectivity index is 2.26. The lowest BCUT2D eigenvalue weighted by Gasteiger charge is -2.29. The van der Waals surface area contributed by atoms with Gasteiger partial charge in [-0.3, -0.25) is 0 Å². The average molecular weight is 283 g/mol. The average Bonchev–Trinajstić information content (AvgIpc) is 2.59. The quantitative estimate of drug-likeness (QED) is 0.741. The molecular formula is C16H23ClO2. The second kappa shape index (κ2) is 5.62. The van der Waals surface area contributed by atoms with Crippen LogP contribution in [0.3, 0.4) is 0 Å². The van der Waals surface area contributed by atoms with Crippen LogP contribution in [0.1, 0.15) is 45.1 Å². The van der Waals surface area contributed by atoms with Crippen LogP contribution < -0.4 is 9.47 Å². The van der Waals surface area contributed by atoms with Crippen molar-refractivity contribution in [2.75, 3.05) is 13.2 Å². The summed E-state index contributed by atoms with van der Waals surface area (Å²) < 4.78 is 11.6. The number of fused-ring (bicyclic) bond motifs is 1. The molecule has 1 heterocycles. The van der Waals surface area contributed by atoms with E-state index in [-0.39, 0.29) is 10.8 Å². The predicted octanol–water partition coefficient (Wildman–Crippen LogP) is 4.81. The topological polar surface area (TPSA) is 18.5 Å². The highest BCUT2D eigenvalue weighted by molar-refractivity contribution is 6.21. The summed E-state index contributed by atoms with van der Waals surface area (Å²) in [7, 11) is 0. The van der Waals surface area contributed by atoms with Gasteiger partial charge < -0.3 is 9.47 Å². The van der Waals surface area contributed by atoms with E-state index < -0.39 is 0 Å². The van der Waals surface area contributed by atoms with Crippen molar-refractivity contribution >= 4 is 11.6 Å². The van der Waals surface area contributed by atoms with Gasteiger partial charge in [0, 0.05) is 5.92 Å². The minimum atomic E-state index is -0.0212. The maximum Gasteiger partial charge on any atom is 0.161 e. The highest BCUT2D eigenvalue weighted by atomic mass is 35.5. The first-order valence-corrected chi connectivity index (χ1v) is 7.41. The Morgan fingerprint density at radius 3 is 2.53 bits per heavy atom. The number of hydrogen-bond donors (Lipinski definition) is 0. The van der Waals surface area contributed by atoms with Crippen LogP contribution in [0, 0.1) is 11.3 Å². The van der Waals surface area contributed by atoms with E-state index in [4.69, 9.17) is 21.1 Å². The first-order chi connectivity index (χ1) is 8.94. The molecule has 1 aliphatic heterocycles. The second-order valence-corrected chi connectivity index (χ2v) is 6.57. The van der Waals surface area contributed by atoms with Crippen LogP contribution >= 0.6 is 11.6 Å². The van der Waals surface area contributed by atoms with Crippen LogP contribution in [0.15, 0.2) is 18.2 Å². The van der Waals surface area contributed by atoms with Crippen LogP contribution in [0.2, 0.25) is 0 Å². The molecule has 0 saturated heterocycles. The Hall–Kier alpha value is -0.890. The molecule has 0 amide bonds. The Morgan fingerprint density at radius 1 is 1.26 bits per heavy atom. The van der Waals surface area contributed by atoms with Gasteiger partial charge in [0.2, 0.25) is 0 Å². The Morgan fingerprint density at radius 2 is 1.89 bits per heavy atom. The van der Waals surface area contributed by atoms with E-state index in [0.717, 1.165) is 23.5 Å². The van der Waals surface area contributed by atoms with Crippen molar-refractivity contribution in [3.05, 3.63) is 23.8 Å². The molecule has 0 saturated carbocycles. The van der Waals surface area contributed by atoms with E-state index in [2.05, 4.69) is 27.7 Å². The van der Waals surface area contributed by atoms with E-state index in [1.807, 2.05) is 18.2 Å². The summed E-state index contributed by atoms with van der Waals surface area (Å²) >= 11 is 6.61. The molecule has 2 atom stereocenters. The fraction of sp³-hybridized carbons (Fsp3) is 0.625. The predicted molar refractivity (Wildman–Crippen MR) is 79.3 cm³/mol. The van der Waals surface area contributed by atoms with Gasteiger partial charge >= 0.3 is 0 Å². The Labute approximate surface area is 121 Å². The van der Waals surface area contributed by atoms with Crippen LogP contribution in [0.5, 0.6) is 11.5 Å². The van der Waals surface area contributed by atoms with Gasteiger partial charge in [0.05, 0.1) is 18.6 Å². The molecular weight excluding hydrogens is 260 g/mol.